The summed E-state index contributed by atoms with van der Waals surface area (Å²) >= 11 is 0. The predicted octanol–water partition coefficient (Wildman–Crippen LogP) is 2.93. The average Bonchev–Trinajstić information content (AvgIpc) is 2.15. The highest BCUT2D eigenvalue weighted by Crippen LogP contribution is 2.29. The number of aliphatic hydroxyl groups is 1. The van der Waals surface area contributed by atoms with Gasteiger partial charge in [-0.2, -0.15) is 5.26 Å². The van der Waals surface area contributed by atoms with Gasteiger partial charge in [-0.05, 0) is 39.3 Å². The molecular formula is C13H16FNO. The lowest BCUT2D eigenvalue weighted by atomic mass is 9.84. The van der Waals surface area contributed by atoms with Gasteiger partial charge >= 0.3 is 0 Å². The third kappa shape index (κ3) is 2.59. The van der Waals surface area contributed by atoms with E-state index in [1.807, 2.05) is 13.0 Å². The highest BCUT2D eigenvalue weighted by atomic mass is 19.2. The van der Waals surface area contributed by atoms with Crippen molar-refractivity contribution in [2.24, 2.45) is 0 Å². The van der Waals surface area contributed by atoms with Crippen molar-refractivity contribution in [1.82, 2.24) is 0 Å². The number of halogens is 1. The summed E-state index contributed by atoms with van der Waals surface area (Å²) in [4.78, 5) is 0. The molecule has 1 unspecified atom stereocenters. The topological polar surface area (TPSA) is 44.0 Å². The van der Waals surface area contributed by atoms with Crippen molar-refractivity contribution in [1.29, 1.82) is 5.26 Å². The Morgan fingerprint density at radius 1 is 1.19 bits per heavy atom. The summed E-state index contributed by atoms with van der Waals surface area (Å²) in [5, 5.41) is 18.4. The van der Waals surface area contributed by atoms with E-state index in [0.717, 1.165) is 12.5 Å². The van der Waals surface area contributed by atoms with Crippen LogP contribution in [0.4, 0.5) is 4.39 Å². The van der Waals surface area contributed by atoms with E-state index in [0.29, 0.717) is 5.56 Å². The number of rotatable bonds is 2. The van der Waals surface area contributed by atoms with Gasteiger partial charge in [-0.3, -0.25) is 0 Å². The zero-order valence-corrected chi connectivity index (χ0v) is 10.0. The molecule has 2 nitrogen and oxygen atoms in total. The summed E-state index contributed by atoms with van der Waals surface area (Å²) in [6, 6.07) is 7.11. The van der Waals surface area contributed by atoms with E-state index in [9.17, 15) is 9.50 Å². The number of alkyl halides is 1. The number of hydrogen-bond acceptors (Lipinski definition) is 2. The Hall–Kier alpha value is -1.40. The molecule has 0 heterocycles. The lowest BCUT2D eigenvalue weighted by Gasteiger charge is -2.21. The summed E-state index contributed by atoms with van der Waals surface area (Å²) in [6.45, 7) is 6.42. The van der Waals surface area contributed by atoms with E-state index in [4.69, 9.17) is 5.26 Å². The summed E-state index contributed by atoms with van der Waals surface area (Å²) in [7, 11) is 0. The van der Waals surface area contributed by atoms with Crippen LogP contribution in [0.15, 0.2) is 18.2 Å². The van der Waals surface area contributed by atoms with Crippen molar-refractivity contribution in [2.75, 3.05) is 0 Å². The molecule has 0 amide bonds. The van der Waals surface area contributed by atoms with E-state index in [-0.39, 0.29) is 5.56 Å². The van der Waals surface area contributed by atoms with Crippen LogP contribution in [0.3, 0.4) is 0 Å². The Kier molecular flexibility index (Phi) is 3.07. The Morgan fingerprint density at radius 2 is 1.69 bits per heavy atom. The molecule has 1 aromatic rings. The Labute approximate surface area is 95.3 Å². The van der Waals surface area contributed by atoms with Gasteiger partial charge in [-0.25, -0.2) is 4.39 Å². The molecule has 0 fully saturated rings. The molecule has 1 atom stereocenters. The first-order valence-electron chi connectivity index (χ1n) is 5.12. The summed E-state index contributed by atoms with van der Waals surface area (Å²) in [5.74, 6) is -2.37. The van der Waals surface area contributed by atoms with Crippen LogP contribution in [0.25, 0.3) is 0 Å². The van der Waals surface area contributed by atoms with Crippen molar-refractivity contribution < 1.29 is 9.50 Å². The molecule has 1 aromatic carbocycles. The number of hydrogen-bond donors (Lipinski definition) is 1. The molecule has 3 heteroatoms. The van der Waals surface area contributed by atoms with Crippen molar-refractivity contribution in [3.8, 4) is 6.07 Å². The minimum Gasteiger partial charge on any atom is -0.358 e. The number of benzene rings is 1. The molecule has 0 aromatic heterocycles. The van der Waals surface area contributed by atoms with E-state index >= 15 is 0 Å². The van der Waals surface area contributed by atoms with Crippen LogP contribution in [0.2, 0.25) is 0 Å². The maximum Gasteiger partial charge on any atom is 0.230 e. The van der Waals surface area contributed by atoms with Gasteiger partial charge < -0.3 is 5.11 Å². The monoisotopic (exact) mass is 221 g/mol. The fraction of sp³-hybridized carbons (Fsp3) is 0.462. The lowest BCUT2D eigenvalue weighted by molar-refractivity contribution is -0.0770. The molecule has 1 rings (SSSR count). The van der Waals surface area contributed by atoms with Crippen LogP contribution >= 0.6 is 0 Å². The quantitative estimate of drug-likeness (QED) is 0.834. The van der Waals surface area contributed by atoms with Crippen molar-refractivity contribution in [2.45, 2.75) is 39.0 Å². The van der Waals surface area contributed by atoms with Crippen LogP contribution < -0.4 is 0 Å². The van der Waals surface area contributed by atoms with Crippen LogP contribution in [0.1, 0.15) is 37.5 Å². The van der Waals surface area contributed by atoms with Crippen molar-refractivity contribution >= 4 is 0 Å². The van der Waals surface area contributed by atoms with Gasteiger partial charge in [0.2, 0.25) is 5.85 Å². The molecule has 86 valence electrons. The normalized spacial score (nSPS) is 15.3. The lowest BCUT2D eigenvalue weighted by Crippen LogP contribution is -2.18. The first-order chi connectivity index (χ1) is 7.16. The van der Waals surface area contributed by atoms with Gasteiger partial charge in [-0.15, -0.1) is 0 Å². The largest absolute Gasteiger partial charge is 0.358 e. The average molecular weight is 221 g/mol. The third-order valence-corrected chi connectivity index (χ3v) is 2.61. The Bertz CT molecular complexity index is 438. The van der Waals surface area contributed by atoms with Crippen LogP contribution in [-0.2, 0) is 11.3 Å². The standard InChI is InChI=1S/C13H16FNO/c1-9-5-10(12(2,3)8-15)7-11(6-9)13(4,14)16/h5-7,16H,1-4H3. The number of aryl methyl sites for hydroxylation is 1. The maximum absolute atomic E-state index is 13.4. The molecule has 0 aliphatic carbocycles. The highest BCUT2D eigenvalue weighted by Gasteiger charge is 2.26. The van der Waals surface area contributed by atoms with Gasteiger partial charge in [0.25, 0.3) is 0 Å². The van der Waals surface area contributed by atoms with Crippen LogP contribution in [-0.4, -0.2) is 5.11 Å². The second kappa shape index (κ2) is 3.88. The molecule has 0 saturated carbocycles. The molecular weight excluding hydrogens is 205 g/mol. The van der Waals surface area contributed by atoms with E-state index in [1.165, 1.54) is 6.07 Å². The van der Waals surface area contributed by atoms with Crippen molar-refractivity contribution in [3.63, 3.8) is 0 Å². The van der Waals surface area contributed by atoms with E-state index in [1.54, 1.807) is 19.9 Å². The molecule has 0 aliphatic heterocycles. The SMILES string of the molecule is Cc1cc(C(C)(O)F)cc(C(C)(C)C#N)c1. The number of nitriles is 1. The van der Waals surface area contributed by atoms with E-state index < -0.39 is 11.3 Å². The van der Waals surface area contributed by atoms with Crippen molar-refractivity contribution in [3.05, 3.63) is 34.9 Å². The summed E-state index contributed by atoms with van der Waals surface area (Å²) < 4.78 is 13.4. The van der Waals surface area contributed by atoms with Gasteiger partial charge in [0, 0.05) is 5.56 Å². The van der Waals surface area contributed by atoms with E-state index in [2.05, 4.69) is 6.07 Å². The minimum atomic E-state index is -2.37. The maximum atomic E-state index is 13.4. The molecule has 0 saturated heterocycles. The third-order valence-electron chi connectivity index (χ3n) is 2.61. The summed E-state index contributed by atoms with van der Waals surface area (Å²) in [5.41, 5.74) is 1.04. The minimum absolute atomic E-state index is 0.186. The van der Waals surface area contributed by atoms with Gasteiger partial charge in [0.15, 0.2) is 0 Å². The number of nitrogens with zero attached hydrogens (tertiary/aromatic N) is 1. The summed E-state index contributed by atoms with van der Waals surface area (Å²) in [6.07, 6.45) is 0. The Balaban J connectivity index is 3.36. The first-order valence-corrected chi connectivity index (χ1v) is 5.12. The molecule has 0 bridgehead atoms. The zero-order valence-electron chi connectivity index (χ0n) is 10.0. The fourth-order valence-electron chi connectivity index (χ4n) is 1.47. The first kappa shape index (κ1) is 12.7. The molecule has 0 aliphatic rings. The predicted molar refractivity (Wildman–Crippen MR) is 60.5 cm³/mol. The highest BCUT2D eigenvalue weighted by molar-refractivity contribution is 5.38. The zero-order chi connectivity index (χ0) is 12.6. The Morgan fingerprint density at radius 3 is 2.12 bits per heavy atom. The van der Waals surface area contributed by atoms with Gasteiger partial charge in [0.1, 0.15) is 0 Å². The fourth-order valence-corrected chi connectivity index (χ4v) is 1.47. The molecule has 0 radical (unpaired) electrons. The molecule has 16 heavy (non-hydrogen) atoms. The van der Waals surface area contributed by atoms with Gasteiger partial charge in [-0.1, -0.05) is 17.7 Å². The molecule has 0 spiro atoms. The second-order valence-electron chi connectivity index (χ2n) is 4.78. The van der Waals surface area contributed by atoms with Crippen LogP contribution in [0.5, 0.6) is 0 Å². The van der Waals surface area contributed by atoms with Crippen LogP contribution in [0, 0.1) is 18.3 Å². The molecule has 1 N–H and O–H groups in total. The van der Waals surface area contributed by atoms with Gasteiger partial charge in [0.05, 0.1) is 11.5 Å². The second-order valence-corrected chi connectivity index (χ2v) is 4.78. The smallest absolute Gasteiger partial charge is 0.230 e.